The SMILES string of the molecule is Fc1ccc(-c2noc(C3(C(F)(F)F)CCN(Cc4nnc5n4CCOC5)C3)n2)cc1. The van der Waals surface area contributed by atoms with Gasteiger partial charge in [0, 0.05) is 25.2 Å². The van der Waals surface area contributed by atoms with E-state index in [1.54, 1.807) is 4.90 Å². The van der Waals surface area contributed by atoms with Crippen LogP contribution >= 0.6 is 0 Å². The van der Waals surface area contributed by atoms with Gasteiger partial charge in [0.1, 0.15) is 18.2 Å². The van der Waals surface area contributed by atoms with Gasteiger partial charge in [0.2, 0.25) is 11.7 Å². The minimum absolute atomic E-state index is 0.0106. The summed E-state index contributed by atoms with van der Waals surface area (Å²) < 4.78 is 68.1. The van der Waals surface area contributed by atoms with Gasteiger partial charge in [-0.1, -0.05) is 5.16 Å². The molecule has 0 spiro atoms. The van der Waals surface area contributed by atoms with Crippen LogP contribution in [0.3, 0.4) is 0 Å². The van der Waals surface area contributed by atoms with Crippen LogP contribution in [0.25, 0.3) is 11.4 Å². The monoisotopic (exact) mass is 438 g/mol. The molecule has 1 saturated heterocycles. The van der Waals surface area contributed by atoms with Crippen LogP contribution < -0.4 is 0 Å². The lowest BCUT2D eigenvalue weighted by atomic mass is 9.86. The zero-order valence-corrected chi connectivity index (χ0v) is 16.3. The van der Waals surface area contributed by atoms with Crippen LogP contribution in [0.2, 0.25) is 0 Å². The van der Waals surface area contributed by atoms with Gasteiger partial charge in [0.15, 0.2) is 11.2 Å². The molecule has 2 aliphatic heterocycles. The predicted octanol–water partition coefficient (Wildman–Crippen LogP) is 2.70. The van der Waals surface area contributed by atoms with E-state index in [0.717, 1.165) is 0 Å². The fourth-order valence-corrected chi connectivity index (χ4v) is 4.06. The molecule has 5 rings (SSSR count). The Labute approximate surface area is 173 Å². The topological polar surface area (TPSA) is 82.1 Å². The quantitative estimate of drug-likeness (QED) is 0.580. The zero-order valence-electron chi connectivity index (χ0n) is 16.3. The third kappa shape index (κ3) is 3.49. The lowest BCUT2D eigenvalue weighted by Crippen LogP contribution is -2.45. The molecule has 8 nitrogen and oxygen atoms in total. The molecule has 12 heteroatoms. The van der Waals surface area contributed by atoms with E-state index in [1.807, 2.05) is 4.57 Å². The molecule has 31 heavy (non-hydrogen) atoms. The van der Waals surface area contributed by atoms with Crippen molar-refractivity contribution < 1.29 is 26.8 Å². The van der Waals surface area contributed by atoms with E-state index in [0.29, 0.717) is 37.0 Å². The second-order valence-electron chi connectivity index (χ2n) is 7.71. The Kier molecular flexibility index (Phi) is 4.77. The summed E-state index contributed by atoms with van der Waals surface area (Å²) in [6.45, 7) is 1.50. The van der Waals surface area contributed by atoms with Crippen molar-refractivity contribution in [2.24, 2.45) is 0 Å². The largest absolute Gasteiger partial charge is 0.404 e. The zero-order chi connectivity index (χ0) is 21.6. The predicted molar refractivity (Wildman–Crippen MR) is 97.0 cm³/mol. The minimum atomic E-state index is -4.59. The summed E-state index contributed by atoms with van der Waals surface area (Å²) in [7, 11) is 0. The number of likely N-dealkylation sites (tertiary alicyclic amines) is 1. The highest BCUT2D eigenvalue weighted by Crippen LogP contribution is 2.47. The van der Waals surface area contributed by atoms with Gasteiger partial charge < -0.3 is 13.8 Å². The van der Waals surface area contributed by atoms with Crippen LogP contribution in [0.15, 0.2) is 28.8 Å². The van der Waals surface area contributed by atoms with Crippen LogP contribution in [-0.4, -0.2) is 55.7 Å². The van der Waals surface area contributed by atoms with E-state index in [1.165, 1.54) is 24.3 Å². The molecule has 0 saturated carbocycles. The Balaban J connectivity index is 1.40. The van der Waals surface area contributed by atoms with Crippen molar-refractivity contribution >= 4 is 0 Å². The number of hydrogen-bond donors (Lipinski definition) is 0. The molecule has 1 unspecified atom stereocenters. The smallest absolute Gasteiger partial charge is 0.372 e. The standard InChI is InChI=1S/C19H18F4N6O2/c20-13-3-1-12(2-4-13)16-24-17(31-27-16)18(19(21,22)23)5-6-28(11-18)9-14-25-26-15-10-30-8-7-29(14)15/h1-4H,5-11H2. The van der Waals surface area contributed by atoms with E-state index >= 15 is 0 Å². The average molecular weight is 438 g/mol. The highest BCUT2D eigenvalue weighted by Gasteiger charge is 2.62. The van der Waals surface area contributed by atoms with Crippen molar-refractivity contribution in [3.8, 4) is 11.4 Å². The van der Waals surface area contributed by atoms with Crippen LogP contribution in [0.1, 0.15) is 24.0 Å². The molecule has 164 valence electrons. The average Bonchev–Trinajstić information content (AvgIpc) is 3.47. The molecule has 0 radical (unpaired) electrons. The van der Waals surface area contributed by atoms with Crippen LogP contribution in [0, 0.1) is 5.82 Å². The number of fused-ring (bicyclic) bond motifs is 1. The number of ether oxygens (including phenoxy) is 1. The fraction of sp³-hybridized carbons (Fsp3) is 0.474. The molecule has 3 aromatic rings. The maximum absolute atomic E-state index is 14.2. The lowest BCUT2D eigenvalue weighted by molar-refractivity contribution is -0.193. The summed E-state index contributed by atoms with van der Waals surface area (Å²) in [5.41, 5.74) is -1.91. The van der Waals surface area contributed by atoms with Crippen molar-refractivity contribution in [2.45, 2.75) is 37.7 Å². The van der Waals surface area contributed by atoms with Gasteiger partial charge in [-0.3, -0.25) is 4.90 Å². The van der Waals surface area contributed by atoms with Crippen LogP contribution in [0.5, 0.6) is 0 Å². The maximum atomic E-state index is 14.2. The molecular weight excluding hydrogens is 420 g/mol. The number of alkyl halides is 3. The first-order valence-corrected chi connectivity index (χ1v) is 9.74. The lowest BCUT2D eigenvalue weighted by Gasteiger charge is -2.28. The summed E-state index contributed by atoms with van der Waals surface area (Å²) >= 11 is 0. The second-order valence-corrected chi connectivity index (χ2v) is 7.71. The highest BCUT2D eigenvalue weighted by molar-refractivity contribution is 5.54. The van der Waals surface area contributed by atoms with Gasteiger partial charge in [0.25, 0.3) is 0 Å². The molecule has 0 aliphatic carbocycles. The summed E-state index contributed by atoms with van der Waals surface area (Å²) in [5, 5.41) is 11.9. The van der Waals surface area contributed by atoms with E-state index in [9.17, 15) is 17.6 Å². The van der Waals surface area contributed by atoms with Gasteiger partial charge in [-0.05, 0) is 30.7 Å². The van der Waals surface area contributed by atoms with E-state index in [-0.39, 0.29) is 31.9 Å². The van der Waals surface area contributed by atoms with Gasteiger partial charge in [-0.2, -0.15) is 18.2 Å². The summed E-state index contributed by atoms with van der Waals surface area (Å²) in [6.07, 6.45) is -4.81. The van der Waals surface area contributed by atoms with Crippen LogP contribution in [0.4, 0.5) is 17.6 Å². The van der Waals surface area contributed by atoms with Crippen molar-refractivity contribution in [3.63, 3.8) is 0 Å². The number of halogens is 4. The highest BCUT2D eigenvalue weighted by atomic mass is 19.4. The molecule has 1 aromatic carbocycles. The van der Waals surface area contributed by atoms with Gasteiger partial charge in [-0.15, -0.1) is 10.2 Å². The number of rotatable bonds is 4. The van der Waals surface area contributed by atoms with Gasteiger partial charge in [-0.25, -0.2) is 4.39 Å². The van der Waals surface area contributed by atoms with Crippen molar-refractivity contribution in [1.82, 2.24) is 29.8 Å². The number of nitrogens with zero attached hydrogens (tertiary/aromatic N) is 6. The van der Waals surface area contributed by atoms with Crippen molar-refractivity contribution in [1.29, 1.82) is 0 Å². The Morgan fingerprint density at radius 2 is 1.90 bits per heavy atom. The van der Waals surface area contributed by atoms with E-state index < -0.39 is 23.3 Å². The Bertz CT molecular complexity index is 1080. The fourth-order valence-electron chi connectivity index (χ4n) is 4.06. The molecular formula is C19H18F4N6O2. The first kappa shape index (κ1) is 20.1. The maximum Gasteiger partial charge on any atom is 0.404 e. The normalized spacial score (nSPS) is 22.1. The second kappa shape index (κ2) is 7.38. The minimum Gasteiger partial charge on any atom is -0.372 e. The molecule has 0 bridgehead atoms. The molecule has 2 aromatic heterocycles. The number of aromatic nitrogens is 5. The van der Waals surface area contributed by atoms with E-state index in [4.69, 9.17) is 9.26 Å². The van der Waals surface area contributed by atoms with E-state index in [2.05, 4.69) is 20.3 Å². The molecule has 4 heterocycles. The molecule has 1 fully saturated rings. The summed E-state index contributed by atoms with van der Waals surface area (Å²) in [4.78, 5) is 5.70. The first-order chi connectivity index (χ1) is 14.9. The Morgan fingerprint density at radius 3 is 2.68 bits per heavy atom. The van der Waals surface area contributed by atoms with Crippen molar-refractivity contribution in [3.05, 3.63) is 47.6 Å². The Morgan fingerprint density at radius 1 is 1.10 bits per heavy atom. The molecule has 1 atom stereocenters. The van der Waals surface area contributed by atoms with Gasteiger partial charge >= 0.3 is 6.18 Å². The number of hydrogen-bond acceptors (Lipinski definition) is 7. The third-order valence-corrected chi connectivity index (χ3v) is 5.79. The molecule has 0 N–H and O–H groups in total. The molecule has 0 amide bonds. The summed E-state index contributed by atoms with van der Waals surface area (Å²) in [5.74, 6) is 0.312. The van der Waals surface area contributed by atoms with Crippen LogP contribution in [-0.2, 0) is 29.8 Å². The third-order valence-electron chi connectivity index (χ3n) is 5.79. The molecule has 2 aliphatic rings. The first-order valence-electron chi connectivity index (χ1n) is 9.74. The number of benzene rings is 1. The Hall–Kier alpha value is -2.86. The van der Waals surface area contributed by atoms with Crippen molar-refractivity contribution in [2.75, 3.05) is 19.7 Å². The van der Waals surface area contributed by atoms with Gasteiger partial charge in [0.05, 0.1) is 13.2 Å². The summed E-state index contributed by atoms with van der Waals surface area (Å²) in [6, 6.07) is 5.16.